The molecule has 34 heavy (non-hydrogen) atoms. The molecule has 3 N–H and O–H groups in total. The number of halogens is 2. The maximum Gasteiger partial charge on any atom is 0.329 e. The summed E-state index contributed by atoms with van der Waals surface area (Å²) in [6.45, 7) is 1.61. The number of nitrogens with zero attached hydrogens (tertiary/aromatic N) is 1. The lowest BCUT2D eigenvalue weighted by Gasteiger charge is -2.10. The summed E-state index contributed by atoms with van der Waals surface area (Å²) < 4.78 is 5.58. The van der Waals surface area contributed by atoms with Crippen LogP contribution in [0.2, 0.25) is 10.0 Å². The number of hydrazone groups is 1. The average molecular weight is 499 g/mol. The van der Waals surface area contributed by atoms with E-state index in [4.69, 9.17) is 27.9 Å². The third-order valence-corrected chi connectivity index (χ3v) is 5.03. The van der Waals surface area contributed by atoms with Crippen LogP contribution in [0.15, 0.2) is 71.8 Å². The number of hydrogen-bond acceptors (Lipinski definition) is 5. The summed E-state index contributed by atoms with van der Waals surface area (Å²) in [6.07, 6.45) is 1.30. The number of amides is 3. The second-order valence-corrected chi connectivity index (χ2v) is 7.85. The molecule has 0 aliphatic rings. The van der Waals surface area contributed by atoms with Gasteiger partial charge in [0.2, 0.25) is 0 Å². The van der Waals surface area contributed by atoms with E-state index in [9.17, 15) is 14.4 Å². The molecule has 10 heteroatoms. The van der Waals surface area contributed by atoms with E-state index in [0.717, 1.165) is 5.56 Å². The van der Waals surface area contributed by atoms with Crippen molar-refractivity contribution in [2.24, 2.45) is 5.10 Å². The van der Waals surface area contributed by atoms with Gasteiger partial charge in [-0.05, 0) is 55.0 Å². The summed E-state index contributed by atoms with van der Waals surface area (Å²) in [5, 5.41) is 9.87. The first kappa shape index (κ1) is 24.8. The van der Waals surface area contributed by atoms with Crippen molar-refractivity contribution in [1.29, 1.82) is 0 Å². The van der Waals surface area contributed by atoms with Gasteiger partial charge in [0.15, 0.2) is 6.61 Å². The first-order chi connectivity index (χ1) is 16.3. The average Bonchev–Trinajstić information content (AvgIpc) is 2.80. The van der Waals surface area contributed by atoms with E-state index < -0.39 is 11.8 Å². The Morgan fingerprint density at radius 2 is 1.68 bits per heavy atom. The third-order valence-electron chi connectivity index (χ3n) is 4.39. The molecular formula is C24H20Cl2N4O4. The second-order valence-electron chi connectivity index (χ2n) is 7.00. The van der Waals surface area contributed by atoms with Crippen LogP contribution in [0.3, 0.4) is 0 Å². The first-order valence-electron chi connectivity index (χ1n) is 9.99. The van der Waals surface area contributed by atoms with Crippen molar-refractivity contribution in [3.63, 3.8) is 0 Å². The van der Waals surface area contributed by atoms with Crippen molar-refractivity contribution < 1.29 is 19.1 Å². The lowest BCUT2D eigenvalue weighted by Crippen LogP contribution is -2.32. The highest BCUT2D eigenvalue weighted by Gasteiger charge is 2.13. The highest BCUT2D eigenvalue weighted by Crippen LogP contribution is 2.20. The Hall–Kier alpha value is -3.88. The van der Waals surface area contributed by atoms with Crippen LogP contribution in [0.4, 0.5) is 11.4 Å². The summed E-state index contributed by atoms with van der Waals surface area (Å²) in [6, 6.07) is 18.4. The standard InChI is InChI=1S/C24H20Cl2N4O4/c1-15-9-10-19(12-20(15)26)28-22(31)14-34-21-8-3-2-5-16(21)13-27-30-24(33)23(32)29-18-7-4-6-17(25)11-18/h2-13H,14H2,1H3,(H,28,31)(H,29,32)(H,30,33)/b27-13-. The Morgan fingerprint density at radius 3 is 2.44 bits per heavy atom. The Labute approximate surface area is 205 Å². The first-order valence-corrected chi connectivity index (χ1v) is 10.7. The number of anilines is 2. The molecule has 3 aromatic rings. The molecule has 0 radical (unpaired) electrons. The van der Waals surface area contributed by atoms with Gasteiger partial charge < -0.3 is 15.4 Å². The minimum atomic E-state index is -0.967. The smallest absolute Gasteiger partial charge is 0.329 e. The van der Waals surface area contributed by atoms with Crippen LogP contribution in [-0.2, 0) is 14.4 Å². The second kappa shape index (κ2) is 11.8. The Morgan fingerprint density at radius 1 is 0.912 bits per heavy atom. The van der Waals surface area contributed by atoms with Gasteiger partial charge in [-0.25, -0.2) is 5.43 Å². The van der Waals surface area contributed by atoms with Crippen LogP contribution in [0.5, 0.6) is 5.75 Å². The zero-order valence-corrected chi connectivity index (χ0v) is 19.5. The molecule has 0 atom stereocenters. The number of carbonyl (C=O) groups is 3. The molecule has 0 spiro atoms. The Bertz CT molecular complexity index is 1250. The van der Waals surface area contributed by atoms with Gasteiger partial charge in [-0.15, -0.1) is 0 Å². The Balaban J connectivity index is 1.53. The fourth-order valence-electron chi connectivity index (χ4n) is 2.69. The molecule has 0 aliphatic heterocycles. The van der Waals surface area contributed by atoms with E-state index in [1.165, 1.54) is 12.3 Å². The number of carbonyl (C=O) groups excluding carboxylic acids is 3. The summed E-state index contributed by atoms with van der Waals surface area (Å²) in [4.78, 5) is 36.2. The molecule has 0 bridgehead atoms. The predicted octanol–water partition coefficient (Wildman–Crippen LogP) is 4.41. The lowest BCUT2D eigenvalue weighted by atomic mass is 10.2. The minimum absolute atomic E-state index is 0.259. The lowest BCUT2D eigenvalue weighted by molar-refractivity contribution is -0.136. The van der Waals surface area contributed by atoms with E-state index in [1.54, 1.807) is 60.7 Å². The van der Waals surface area contributed by atoms with Crippen LogP contribution < -0.4 is 20.8 Å². The van der Waals surface area contributed by atoms with Gasteiger partial charge >= 0.3 is 11.8 Å². The summed E-state index contributed by atoms with van der Waals surface area (Å²) in [7, 11) is 0. The molecule has 8 nitrogen and oxygen atoms in total. The number of para-hydroxylation sites is 1. The van der Waals surface area contributed by atoms with Gasteiger partial charge in [-0.2, -0.15) is 5.10 Å². The summed E-state index contributed by atoms with van der Waals surface area (Å²) in [5.41, 5.74) is 4.46. The summed E-state index contributed by atoms with van der Waals surface area (Å²) >= 11 is 11.9. The molecule has 0 fully saturated rings. The monoisotopic (exact) mass is 498 g/mol. The molecule has 3 rings (SSSR count). The number of rotatable bonds is 7. The van der Waals surface area contributed by atoms with Gasteiger partial charge in [0.05, 0.1) is 6.21 Å². The van der Waals surface area contributed by atoms with Gasteiger partial charge in [0.1, 0.15) is 5.75 Å². The number of aryl methyl sites for hydroxylation is 1. The highest BCUT2D eigenvalue weighted by atomic mass is 35.5. The molecular weight excluding hydrogens is 479 g/mol. The van der Waals surface area contributed by atoms with Crippen LogP contribution in [0.25, 0.3) is 0 Å². The van der Waals surface area contributed by atoms with Crippen molar-refractivity contribution >= 4 is 58.5 Å². The SMILES string of the molecule is Cc1ccc(NC(=O)COc2ccccc2/C=N\NC(=O)C(=O)Nc2cccc(Cl)c2)cc1Cl. The van der Waals surface area contributed by atoms with Crippen LogP contribution in [0.1, 0.15) is 11.1 Å². The van der Waals surface area contributed by atoms with E-state index in [0.29, 0.717) is 32.7 Å². The minimum Gasteiger partial charge on any atom is -0.483 e. The largest absolute Gasteiger partial charge is 0.483 e. The maximum absolute atomic E-state index is 12.2. The van der Waals surface area contributed by atoms with Crippen molar-refractivity contribution in [3.05, 3.63) is 87.9 Å². The topological polar surface area (TPSA) is 109 Å². The number of ether oxygens (including phenoxy) is 1. The van der Waals surface area contributed by atoms with Gasteiger partial charge in [-0.3, -0.25) is 14.4 Å². The predicted molar refractivity (Wildman–Crippen MR) is 133 cm³/mol. The molecule has 0 aromatic heterocycles. The van der Waals surface area contributed by atoms with Gasteiger partial charge in [0, 0.05) is 27.0 Å². The van der Waals surface area contributed by atoms with Crippen molar-refractivity contribution in [2.75, 3.05) is 17.2 Å². The quantitative estimate of drug-likeness (QED) is 0.254. The van der Waals surface area contributed by atoms with Crippen molar-refractivity contribution in [1.82, 2.24) is 5.43 Å². The maximum atomic E-state index is 12.2. The summed E-state index contributed by atoms with van der Waals surface area (Å²) in [5.74, 6) is -1.89. The van der Waals surface area contributed by atoms with Crippen LogP contribution in [0, 0.1) is 6.92 Å². The molecule has 0 aliphatic carbocycles. The molecule has 0 saturated heterocycles. The molecule has 3 amide bonds. The molecule has 0 heterocycles. The number of hydrogen-bond donors (Lipinski definition) is 3. The third kappa shape index (κ3) is 7.33. The normalized spacial score (nSPS) is 10.6. The van der Waals surface area contributed by atoms with E-state index in [1.807, 2.05) is 6.92 Å². The molecule has 0 saturated carbocycles. The van der Waals surface area contributed by atoms with Crippen molar-refractivity contribution in [3.8, 4) is 5.75 Å². The zero-order chi connectivity index (χ0) is 24.5. The number of nitrogens with one attached hydrogen (secondary N) is 3. The molecule has 3 aromatic carbocycles. The molecule has 174 valence electrons. The fourth-order valence-corrected chi connectivity index (χ4v) is 3.07. The van der Waals surface area contributed by atoms with Crippen LogP contribution in [-0.4, -0.2) is 30.5 Å². The van der Waals surface area contributed by atoms with E-state index in [-0.39, 0.29) is 12.5 Å². The molecule has 0 unspecified atom stereocenters. The van der Waals surface area contributed by atoms with Crippen LogP contribution >= 0.6 is 23.2 Å². The van der Waals surface area contributed by atoms with E-state index in [2.05, 4.69) is 21.2 Å². The Kier molecular flexibility index (Phi) is 8.61. The van der Waals surface area contributed by atoms with Gasteiger partial charge in [0.25, 0.3) is 5.91 Å². The van der Waals surface area contributed by atoms with E-state index >= 15 is 0 Å². The van der Waals surface area contributed by atoms with Gasteiger partial charge in [-0.1, -0.05) is 47.5 Å². The van der Waals surface area contributed by atoms with Crippen molar-refractivity contribution in [2.45, 2.75) is 6.92 Å². The number of benzene rings is 3. The fraction of sp³-hybridized carbons (Fsp3) is 0.0833. The highest BCUT2D eigenvalue weighted by molar-refractivity contribution is 6.39. The zero-order valence-electron chi connectivity index (χ0n) is 18.0.